The molecule has 0 fully saturated rings. The largest absolute Gasteiger partial charge is 0.384 e. The van der Waals surface area contributed by atoms with Crippen LogP contribution in [0.2, 0.25) is 0 Å². The number of aryl methyl sites for hydroxylation is 2. The summed E-state index contributed by atoms with van der Waals surface area (Å²) in [4.78, 5) is 10.4. The van der Waals surface area contributed by atoms with Crippen LogP contribution in [-0.4, -0.2) is 34.0 Å². The van der Waals surface area contributed by atoms with Crippen LogP contribution in [0.25, 0.3) is 11.0 Å². The molecule has 3 aromatic rings. The number of fused-ring (bicyclic) bond motifs is 1. The van der Waals surface area contributed by atoms with Gasteiger partial charge in [-0.05, 0) is 36.8 Å². The molecule has 24 heavy (non-hydrogen) atoms. The zero-order chi connectivity index (χ0) is 16.8. The van der Waals surface area contributed by atoms with Gasteiger partial charge in [-0.2, -0.15) is 0 Å². The third-order valence-corrected chi connectivity index (χ3v) is 5.08. The van der Waals surface area contributed by atoms with E-state index < -0.39 is 0 Å². The Hall–Kier alpha value is -1.85. The molecule has 0 aliphatic carbocycles. The third-order valence-electron chi connectivity index (χ3n) is 3.98. The molecule has 5 heteroatoms. The van der Waals surface area contributed by atoms with Crippen LogP contribution in [0.4, 0.5) is 0 Å². The van der Waals surface area contributed by atoms with Crippen molar-refractivity contribution < 1.29 is 4.74 Å². The van der Waals surface area contributed by atoms with E-state index in [-0.39, 0.29) is 0 Å². The fourth-order valence-corrected chi connectivity index (χ4v) is 3.72. The van der Waals surface area contributed by atoms with Gasteiger partial charge in [0.1, 0.15) is 11.3 Å². The summed E-state index contributed by atoms with van der Waals surface area (Å²) in [6.07, 6.45) is 5.70. The van der Waals surface area contributed by atoms with Crippen molar-refractivity contribution in [3.05, 3.63) is 54.1 Å². The van der Waals surface area contributed by atoms with Gasteiger partial charge in [0.2, 0.25) is 0 Å². The van der Waals surface area contributed by atoms with Gasteiger partial charge in [-0.1, -0.05) is 18.2 Å². The van der Waals surface area contributed by atoms with Crippen LogP contribution in [0.1, 0.15) is 17.8 Å². The van der Waals surface area contributed by atoms with E-state index in [0.717, 1.165) is 36.5 Å². The van der Waals surface area contributed by atoms with Crippen molar-refractivity contribution in [3.63, 3.8) is 0 Å². The molecule has 0 atom stereocenters. The summed E-state index contributed by atoms with van der Waals surface area (Å²) < 4.78 is 7.58. The average molecular weight is 341 g/mol. The van der Waals surface area contributed by atoms with Gasteiger partial charge in [-0.15, -0.1) is 11.8 Å². The Morgan fingerprint density at radius 2 is 2.00 bits per heavy atom. The molecule has 0 amide bonds. The fraction of sp³-hybridized carbons (Fsp3) is 0.368. The lowest BCUT2D eigenvalue weighted by Crippen LogP contribution is -2.08. The molecule has 0 bridgehead atoms. The predicted octanol–water partition coefficient (Wildman–Crippen LogP) is 4.11. The minimum Gasteiger partial charge on any atom is -0.384 e. The summed E-state index contributed by atoms with van der Waals surface area (Å²) in [7, 11) is 1.73. The lowest BCUT2D eigenvalue weighted by Gasteiger charge is -2.10. The van der Waals surface area contributed by atoms with E-state index in [1.165, 1.54) is 16.0 Å². The zero-order valence-electron chi connectivity index (χ0n) is 14.2. The molecule has 3 rings (SSSR count). The van der Waals surface area contributed by atoms with Crippen molar-refractivity contribution in [2.24, 2.45) is 0 Å². The van der Waals surface area contributed by atoms with Gasteiger partial charge in [0.25, 0.3) is 0 Å². The van der Waals surface area contributed by atoms with Crippen molar-refractivity contribution in [3.8, 4) is 0 Å². The molecule has 0 saturated heterocycles. The van der Waals surface area contributed by atoms with Crippen molar-refractivity contribution in [2.75, 3.05) is 19.5 Å². The van der Waals surface area contributed by atoms with E-state index in [9.17, 15) is 0 Å². The quantitative estimate of drug-likeness (QED) is 0.457. The van der Waals surface area contributed by atoms with E-state index >= 15 is 0 Å². The molecular weight excluding hydrogens is 318 g/mol. The lowest BCUT2D eigenvalue weighted by atomic mass is 10.2. The first-order valence-corrected chi connectivity index (χ1v) is 9.24. The highest BCUT2D eigenvalue weighted by atomic mass is 32.2. The van der Waals surface area contributed by atoms with Crippen LogP contribution in [0, 0.1) is 6.92 Å². The maximum Gasteiger partial charge on any atom is 0.112 e. The number of nitrogens with zero attached hydrogens (tertiary/aromatic N) is 3. The molecule has 1 aromatic carbocycles. The van der Waals surface area contributed by atoms with Gasteiger partial charge < -0.3 is 9.30 Å². The van der Waals surface area contributed by atoms with Crippen LogP contribution >= 0.6 is 11.8 Å². The van der Waals surface area contributed by atoms with Crippen molar-refractivity contribution in [1.29, 1.82) is 0 Å². The van der Waals surface area contributed by atoms with Crippen molar-refractivity contribution >= 4 is 22.8 Å². The minimum absolute atomic E-state index is 0.689. The predicted molar refractivity (Wildman–Crippen MR) is 99.6 cm³/mol. The molecule has 0 aliphatic rings. The number of hydrogen-bond acceptors (Lipinski definition) is 4. The van der Waals surface area contributed by atoms with Gasteiger partial charge in [0.05, 0.1) is 18.3 Å². The second-order valence-electron chi connectivity index (χ2n) is 5.76. The van der Waals surface area contributed by atoms with Crippen LogP contribution < -0.4 is 0 Å². The first kappa shape index (κ1) is 17.0. The monoisotopic (exact) mass is 341 g/mol. The Morgan fingerprint density at radius 1 is 1.17 bits per heavy atom. The molecule has 0 aliphatic heterocycles. The topological polar surface area (TPSA) is 39.9 Å². The summed E-state index contributed by atoms with van der Waals surface area (Å²) >= 11 is 1.90. The molecule has 0 radical (unpaired) electrons. The van der Waals surface area contributed by atoms with Crippen LogP contribution in [0.15, 0.2) is 47.6 Å². The maximum atomic E-state index is 5.24. The van der Waals surface area contributed by atoms with Crippen molar-refractivity contribution in [1.82, 2.24) is 14.5 Å². The number of hydrogen-bond donors (Lipinski definition) is 0. The Bertz CT molecular complexity index is 786. The summed E-state index contributed by atoms with van der Waals surface area (Å²) in [6, 6.07) is 10.6. The Balaban J connectivity index is 1.72. The highest BCUT2D eigenvalue weighted by Crippen LogP contribution is 2.22. The highest BCUT2D eigenvalue weighted by molar-refractivity contribution is 7.99. The third kappa shape index (κ3) is 3.97. The Morgan fingerprint density at radius 3 is 2.79 bits per heavy atom. The number of thioether (sulfide) groups is 1. The highest BCUT2D eigenvalue weighted by Gasteiger charge is 2.12. The lowest BCUT2D eigenvalue weighted by molar-refractivity contribution is 0.199. The number of imidazole rings is 1. The standard InChI is InChI=1S/C19H23N3OS/c1-15-13-20-14-17-19(15)22(18(21-17)9-11-23-2)10-6-12-24-16-7-4-3-5-8-16/h3-5,7-8,13-14H,6,9-12H2,1-2H3. The van der Waals surface area contributed by atoms with E-state index in [1.54, 1.807) is 7.11 Å². The van der Waals surface area contributed by atoms with Crippen LogP contribution in [0.5, 0.6) is 0 Å². The summed E-state index contributed by atoms with van der Waals surface area (Å²) in [5.41, 5.74) is 3.37. The van der Waals surface area contributed by atoms with Gasteiger partial charge in [-0.3, -0.25) is 4.98 Å². The van der Waals surface area contributed by atoms with Gasteiger partial charge in [0, 0.05) is 31.2 Å². The fourth-order valence-electron chi connectivity index (χ4n) is 2.86. The van der Waals surface area contributed by atoms with Crippen LogP contribution in [-0.2, 0) is 17.7 Å². The molecule has 0 unspecified atom stereocenters. The number of aromatic nitrogens is 3. The maximum absolute atomic E-state index is 5.24. The van der Waals surface area contributed by atoms with E-state index in [0.29, 0.717) is 6.61 Å². The molecule has 0 saturated carbocycles. The normalized spacial score (nSPS) is 11.2. The minimum atomic E-state index is 0.689. The first-order valence-electron chi connectivity index (χ1n) is 8.26. The SMILES string of the molecule is COCCc1nc2cncc(C)c2n1CCCSc1ccccc1. The summed E-state index contributed by atoms with van der Waals surface area (Å²) in [6.45, 7) is 3.77. The second kappa shape index (κ2) is 8.31. The van der Waals surface area contributed by atoms with Gasteiger partial charge >= 0.3 is 0 Å². The Labute approximate surface area is 147 Å². The Kier molecular flexibility index (Phi) is 5.88. The average Bonchev–Trinajstić information content (AvgIpc) is 2.97. The van der Waals surface area contributed by atoms with Gasteiger partial charge in [0.15, 0.2) is 0 Å². The van der Waals surface area contributed by atoms with Gasteiger partial charge in [-0.25, -0.2) is 4.98 Å². The second-order valence-corrected chi connectivity index (χ2v) is 6.93. The summed E-state index contributed by atoms with van der Waals surface area (Å²) in [5, 5.41) is 0. The first-order chi connectivity index (χ1) is 11.8. The van der Waals surface area contributed by atoms with E-state index in [2.05, 4.69) is 46.8 Å². The molecule has 2 heterocycles. The molecule has 0 N–H and O–H groups in total. The number of benzene rings is 1. The molecule has 2 aromatic heterocycles. The van der Waals surface area contributed by atoms with E-state index in [4.69, 9.17) is 9.72 Å². The number of pyridine rings is 1. The van der Waals surface area contributed by atoms with Crippen molar-refractivity contribution in [2.45, 2.75) is 31.2 Å². The summed E-state index contributed by atoms with van der Waals surface area (Å²) in [5.74, 6) is 2.19. The molecule has 126 valence electrons. The number of rotatable bonds is 8. The number of methoxy groups -OCH3 is 1. The smallest absolute Gasteiger partial charge is 0.112 e. The van der Waals surface area contributed by atoms with Crippen LogP contribution in [0.3, 0.4) is 0 Å². The number of ether oxygens (including phenoxy) is 1. The molecule has 0 spiro atoms. The zero-order valence-corrected chi connectivity index (χ0v) is 15.1. The van der Waals surface area contributed by atoms with E-state index in [1.807, 2.05) is 24.2 Å². The molecular formula is C19H23N3OS. The molecule has 4 nitrogen and oxygen atoms in total.